The molecule has 1 N–H and O–H groups in total. The lowest BCUT2D eigenvalue weighted by Crippen LogP contribution is -2.43. The van der Waals surface area contributed by atoms with Gasteiger partial charge >= 0.3 is 5.97 Å². The van der Waals surface area contributed by atoms with Crippen molar-refractivity contribution in [3.8, 4) is 0 Å². The number of para-hydroxylation sites is 1. The van der Waals surface area contributed by atoms with E-state index in [1.807, 2.05) is 6.92 Å². The van der Waals surface area contributed by atoms with Gasteiger partial charge in [0, 0.05) is 24.0 Å². The number of aliphatic hydroxyl groups is 1. The van der Waals surface area contributed by atoms with E-state index in [0.29, 0.717) is 12.0 Å². The molecule has 1 aromatic carbocycles. The van der Waals surface area contributed by atoms with E-state index in [2.05, 4.69) is 0 Å². The van der Waals surface area contributed by atoms with Gasteiger partial charge in [-0.05, 0) is 6.42 Å². The maximum absolute atomic E-state index is 11.9. The Bertz CT molecular complexity index is 545. The Labute approximate surface area is 122 Å². The molecule has 0 saturated carbocycles. The van der Waals surface area contributed by atoms with Crippen molar-refractivity contribution in [2.24, 2.45) is 5.92 Å². The largest absolute Gasteiger partial charge is 0.463 e. The molecular formula is C15H19NO5. The van der Waals surface area contributed by atoms with Gasteiger partial charge in [0.25, 0.3) is 5.69 Å². The van der Waals surface area contributed by atoms with Gasteiger partial charge in [-0.2, -0.15) is 0 Å². The second-order valence-corrected chi connectivity index (χ2v) is 5.42. The van der Waals surface area contributed by atoms with E-state index in [1.54, 1.807) is 18.2 Å². The first kappa shape index (κ1) is 15.4. The summed E-state index contributed by atoms with van der Waals surface area (Å²) in [6, 6.07) is 6.17. The summed E-state index contributed by atoms with van der Waals surface area (Å²) in [5.74, 6) is -0.994. The maximum Gasteiger partial charge on any atom is 0.338 e. The number of carbonyl (C=O) groups excluding carboxylic acids is 1. The molecule has 0 radical (unpaired) electrons. The molecule has 1 saturated heterocycles. The number of cyclic esters (lactones) is 1. The first-order valence-electron chi connectivity index (χ1n) is 7.11. The number of unbranched alkanes of at least 4 members (excludes halogenated alkanes) is 1. The highest BCUT2D eigenvalue weighted by Gasteiger charge is 2.51. The molecule has 2 rings (SSSR count). The molecule has 1 aromatic rings. The summed E-state index contributed by atoms with van der Waals surface area (Å²) in [4.78, 5) is 22.5. The third-order valence-electron chi connectivity index (χ3n) is 4.00. The Morgan fingerprint density at radius 2 is 2.19 bits per heavy atom. The van der Waals surface area contributed by atoms with Crippen molar-refractivity contribution < 1.29 is 19.6 Å². The van der Waals surface area contributed by atoms with Gasteiger partial charge in [-0.3, -0.25) is 10.1 Å². The molecule has 0 bridgehead atoms. The number of rotatable bonds is 6. The Kier molecular flexibility index (Phi) is 4.57. The standard InChI is InChI=1S/C15H19NO5/c1-2-3-7-12-10-21-14(17)15(12,18)9-11-6-4-5-8-13(11)16(19)20/h4-6,8,12,18H,2-3,7,9-10H2,1H3/t12-,15+/m1/s1. The third-order valence-corrected chi connectivity index (χ3v) is 4.00. The number of hydrogen-bond donors (Lipinski definition) is 1. The fourth-order valence-corrected chi connectivity index (χ4v) is 2.72. The van der Waals surface area contributed by atoms with Crippen LogP contribution in [0.4, 0.5) is 5.69 Å². The summed E-state index contributed by atoms with van der Waals surface area (Å²) in [7, 11) is 0. The molecule has 0 spiro atoms. The minimum Gasteiger partial charge on any atom is -0.463 e. The number of carbonyl (C=O) groups is 1. The molecule has 0 amide bonds. The number of nitro groups is 1. The average Bonchev–Trinajstić information content (AvgIpc) is 2.73. The lowest BCUT2D eigenvalue weighted by atomic mass is 9.81. The lowest BCUT2D eigenvalue weighted by Gasteiger charge is -2.25. The zero-order valence-corrected chi connectivity index (χ0v) is 11.9. The first-order chi connectivity index (χ1) is 9.99. The molecule has 114 valence electrons. The number of hydrogen-bond acceptors (Lipinski definition) is 5. The predicted molar refractivity (Wildman–Crippen MR) is 75.7 cm³/mol. The van der Waals surface area contributed by atoms with Gasteiger partial charge in [0.15, 0.2) is 5.60 Å². The number of ether oxygens (including phenoxy) is 1. The van der Waals surface area contributed by atoms with Crippen LogP contribution in [0, 0.1) is 16.0 Å². The fourth-order valence-electron chi connectivity index (χ4n) is 2.72. The van der Waals surface area contributed by atoms with E-state index in [-0.39, 0.29) is 24.6 Å². The van der Waals surface area contributed by atoms with Gasteiger partial charge in [-0.1, -0.05) is 38.0 Å². The van der Waals surface area contributed by atoms with Crippen molar-refractivity contribution >= 4 is 11.7 Å². The number of benzene rings is 1. The number of nitrogens with zero attached hydrogens (tertiary/aromatic N) is 1. The van der Waals surface area contributed by atoms with Gasteiger partial charge in [0.2, 0.25) is 0 Å². The van der Waals surface area contributed by atoms with Crippen LogP contribution in [0.15, 0.2) is 24.3 Å². The molecule has 1 aliphatic heterocycles. The second-order valence-electron chi connectivity index (χ2n) is 5.42. The van der Waals surface area contributed by atoms with Crippen LogP contribution in [-0.4, -0.2) is 28.2 Å². The van der Waals surface area contributed by atoms with Crippen molar-refractivity contribution in [2.75, 3.05) is 6.61 Å². The van der Waals surface area contributed by atoms with E-state index >= 15 is 0 Å². The normalized spacial score (nSPS) is 24.9. The molecule has 2 atom stereocenters. The van der Waals surface area contributed by atoms with E-state index in [9.17, 15) is 20.0 Å². The fraction of sp³-hybridized carbons (Fsp3) is 0.533. The summed E-state index contributed by atoms with van der Waals surface area (Å²) in [6.07, 6.45) is 2.41. The molecule has 21 heavy (non-hydrogen) atoms. The molecule has 1 heterocycles. The van der Waals surface area contributed by atoms with Crippen LogP contribution in [0.25, 0.3) is 0 Å². The Balaban J connectivity index is 2.27. The van der Waals surface area contributed by atoms with Crippen molar-refractivity contribution in [2.45, 2.75) is 38.2 Å². The summed E-state index contributed by atoms with van der Waals surface area (Å²) in [5, 5.41) is 21.8. The van der Waals surface area contributed by atoms with Crippen molar-refractivity contribution in [3.05, 3.63) is 39.9 Å². The first-order valence-corrected chi connectivity index (χ1v) is 7.11. The molecule has 6 nitrogen and oxygen atoms in total. The summed E-state index contributed by atoms with van der Waals surface area (Å²) < 4.78 is 4.99. The van der Waals surface area contributed by atoms with Crippen LogP contribution in [0.2, 0.25) is 0 Å². The number of nitro benzene ring substituents is 1. The zero-order valence-electron chi connectivity index (χ0n) is 11.9. The highest BCUT2D eigenvalue weighted by atomic mass is 16.6. The van der Waals surface area contributed by atoms with Crippen LogP contribution < -0.4 is 0 Å². The van der Waals surface area contributed by atoms with E-state index in [0.717, 1.165) is 12.8 Å². The summed E-state index contributed by atoms with van der Waals surface area (Å²) >= 11 is 0. The van der Waals surface area contributed by atoms with Gasteiger partial charge in [0.1, 0.15) is 0 Å². The van der Waals surface area contributed by atoms with E-state index in [4.69, 9.17) is 4.74 Å². The third kappa shape index (κ3) is 3.05. The SMILES string of the molecule is CCCC[C@@H]1COC(=O)[C@]1(O)Cc1ccccc1[N+](=O)[O-]. The molecule has 0 aromatic heterocycles. The van der Waals surface area contributed by atoms with Crippen molar-refractivity contribution in [1.82, 2.24) is 0 Å². The number of esters is 1. The topological polar surface area (TPSA) is 89.7 Å². The van der Waals surface area contributed by atoms with Crippen LogP contribution >= 0.6 is 0 Å². The van der Waals surface area contributed by atoms with Crippen LogP contribution in [0.5, 0.6) is 0 Å². The zero-order chi connectivity index (χ0) is 15.5. The minimum atomic E-state index is -1.67. The molecule has 0 unspecified atom stereocenters. The van der Waals surface area contributed by atoms with Crippen LogP contribution in [0.3, 0.4) is 0 Å². The average molecular weight is 293 g/mol. The lowest BCUT2D eigenvalue weighted by molar-refractivity contribution is -0.385. The summed E-state index contributed by atoms with van der Waals surface area (Å²) in [6.45, 7) is 2.20. The maximum atomic E-state index is 11.9. The van der Waals surface area contributed by atoms with Gasteiger partial charge < -0.3 is 9.84 Å². The van der Waals surface area contributed by atoms with Gasteiger partial charge in [-0.15, -0.1) is 0 Å². The Hall–Kier alpha value is -1.95. The summed E-state index contributed by atoms with van der Waals surface area (Å²) in [5.41, 5.74) is -1.40. The second kappa shape index (κ2) is 6.22. The quantitative estimate of drug-likeness (QED) is 0.493. The molecular weight excluding hydrogens is 274 g/mol. The Morgan fingerprint density at radius 1 is 1.48 bits per heavy atom. The minimum absolute atomic E-state index is 0.0835. The van der Waals surface area contributed by atoms with E-state index < -0.39 is 16.5 Å². The van der Waals surface area contributed by atoms with Crippen LogP contribution in [-0.2, 0) is 16.0 Å². The van der Waals surface area contributed by atoms with Gasteiger partial charge in [0.05, 0.1) is 11.5 Å². The van der Waals surface area contributed by atoms with Crippen LogP contribution in [0.1, 0.15) is 31.7 Å². The Morgan fingerprint density at radius 3 is 2.86 bits per heavy atom. The predicted octanol–water partition coefficient (Wildman–Crippen LogP) is 2.23. The molecule has 1 aliphatic rings. The van der Waals surface area contributed by atoms with E-state index in [1.165, 1.54) is 6.07 Å². The van der Waals surface area contributed by atoms with Crippen molar-refractivity contribution in [1.29, 1.82) is 0 Å². The molecule has 6 heteroatoms. The molecule has 0 aliphatic carbocycles. The smallest absolute Gasteiger partial charge is 0.338 e. The molecule has 1 fully saturated rings. The monoisotopic (exact) mass is 293 g/mol. The highest BCUT2D eigenvalue weighted by molar-refractivity contribution is 5.82. The van der Waals surface area contributed by atoms with Gasteiger partial charge in [-0.25, -0.2) is 4.79 Å². The highest BCUT2D eigenvalue weighted by Crippen LogP contribution is 2.35. The van der Waals surface area contributed by atoms with Crippen molar-refractivity contribution in [3.63, 3.8) is 0 Å².